The third-order valence-corrected chi connectivity index (χ3v) is 3.08. The van der Waals surface area contributed by atoms with E-state index in [0.29, 0.717) is 0 Å². The summed E-state index contributed by atoms with van der Waals surface area (Å²) in [6.45, 7) is 4.91. The lowest BCUT2D eigenvalue weighted by Gasteiger charge is -2.27. The molecule has 0 radical (unpaired) electrons. The number of nitrogens with one attached hydrogen (secondary N) is 2. The van der Waals surface area contributed by atoms with Crippen LogP contribution in [0.1, 0.15) is 17.2 Å². The molecule has 18 heavy (non-hydrogen) atoms. The molecule has 0 unspecified atom stereocenters. The van der Waals surface area contributed by atoms with Crippen LogP contribution >= 0.6 is 12.4 Å². The van der Waals surface area contributed by atoms with Crippen molar-refractivity contribution in [2.75, 3.05) is 33.9 Å². The Morgan fingerprint density at radius 3 is 2.17 bits per heavy atom. The van der Waals surface area contributed by atoms with E-state index in [1.54, 1.807) is 14.2 Å². The van der Waals surface area contributed by atoms with Gasteiger partial charge in [-0.05, 0) is 24.6 Å². The number of ether oxygens (including phenoxy) is 2. The van der Waals surface area contributed by atoms with Gasteiger partial charge in [0.2, 0.25) is 0 Å². The first-order valence-corrected chi connectivity index (χ1v) is 5.93. The summed E-state index contributed by atoms with van der Waals surface area (Å²) < 4.78 is 10.9. The van der Waals surface area contributed by atoms with Gasteiger partial charge < -0.3 is 20.1 Å². The van der Waals surface area contributed by atoms with Crippen molar-refractivity contribution in [2.45, 2.75) is 13.0 Å². The summed E-state index contributed by atoms with van der Waals surface area (Å²) >= 11 is 0. The second-order valence-corrected chi connectivity index (χ2v) is 4.29. The van der Waals surface area contributed by atoms with Gasteiger partial charge in [0, 0.05) is 19.6 Å². The second kappa shape index (κ2) is 6.83. The van der Waals surface area contributed by atoms with Crippen molar-refractivity contribution in [3.63, 3.8) is 0 Å². The molecule has 0 aliphatic carbocycles. The van der Waals surface area contributed by atoms with Gasteiger partial charge in [0.1, 0.15) is 11.5 Å². The molecule has 1 fully saturated rings. The molecule has 0 bridgehead atoms. The first-order valence-electron chi connectivity index (χ1n) is 5.93. The van der Waals surface area contributed by atoms with Crippen LogP contribution in [0, 0.1) is 6.92 Å². The molecule has 1 aliphatic rings. The van der Waals surface area contributed by atoms with Crippen LogP contribution in [0.25, 0.3) is 0 Å². The molecule has 1 heterocycles. The maximum Gasteiger partial charge on any atom is 0.127 e. The third kappa shape index (κ3) is 3.07. The van der Waals surface area contributed by atoms with Crippen LogP contribution in [0.4, 0.5) is 0 Å². The Balaban J connectivity index is 0.00000162. The number of hydrogen-bond acceptors (Lipinski definition) is 4. The number of piperazine rings is 1. The lowest BCUT2D eigenvalue weighted by atomic mass is 10.0. The van der Waals surface area contributed by atoms with E-state index in [0.717, 1.165) is 42.3 Å². The monoisotopic (exact) mass is 272 g/mol. The zero-order valence-corrected chi connectivity index (χ0v) is 11.9. The fourth-order valence-electron chi connectivity index (χ4n) is 2.27. The van der Waals surface area contributed by atoms with Crippen molar-refractivity contribution in [3.8, 4) is 11.5 Å². The van der Waals surface area contributed by atoms with Crippen molar-refractivity contribution in [1.29, 1.82) is 0 Å². The van der Waals surface area contributed by atoms with Gasteiger partial charge in [-0.25, -0.2) is 0 Å². The van der Waals surface area contributed by atoms with Gasteiger partial charge in [-0.15, -0.1) is 12.4 Å². The molecule has 0 aromatic heterocycles. The standard InChI is InChI=1S/C13H20N2O2.ClH/c1-9-6-11(16-2)13(12(7-9)17-3)10-8-14-4-5-15-10;/h6-7,10,14-15H,4-5,8H2,1-3H3;1H/t10-;/m1./s1. The molecule has 1 aromatic rings. The van der Waals surface area contributed by atoms with Gasteiger partial charge in [-0.1, -0.05) is 0 Å². The number of hydrogen-bond donors (Lipinski definition) is 2. The van der Waals surface area contributed by atoms with Gasteiger partial charge in [0.15, 0.2) is 0 Å². The molecule has 4 nitrogen and oxygen atoms in total. The highest BCUT2D eigenvalue weighted by Gasteiger charge is 2.22. The molecule has 0 amide bonds. The van der Waals surface area contributed by atoms with Crippen molar-refractivity contribution < 1.29 is 9.47 Å². The van der Waals surface area contributed by atoms with Gasteiger partial charge in [-0.3, -0.25) is 0 Å². The second-order valence-electron chi connectivity index (χ2n) is 4.29. The van der Waals surface area contributed by atoms with Gasteiger partial charge in [0.05, 0.1) is 25.8 Å². The van der Waals surface area contributed by atoms with Crippen molar-refractivity contribution >= 4 is 12.4 Å². The molecule has 1 saturated heterocycles. The Kier molecular flexibility index (Phi) is 5.72. The summed E-state index contributed by atoms with van der Waals surface area (Å²) in [5.41, 5.74) is 2.25. The number of halogens is 1. The molecule has 1 aromatic carbocycles. The minimum atomic E-state index is 0. The molecule has 1 atom stereocenters. The highest BCUT2D eigenvalue weighted by molar-refractivity contribution is 5.85. The molecule has 1 aliphatic heterocycles. The van der Waals surface area contributed by atoms with Crippen LogP contribution in [0.3, 0.4) is 0 Å². The fraction of sp³-hybridized carbons (Fsp3) is 0.538. The fourth-order valence-corrected chi connectivity index (χ4v) is 2.27. The summed E-state index contributed by atoms with van der Waals surface area (Å²) in [4.78, 5) is 0. The van der Waals surface area contributed by atoms with E-state index >= 15 is 0 Å². The minimum Gasteiger partial charge on any atom is -0.496 e. The average Bonchev–Trinajstić information content (AvgIpc) is 2.38. The number of aryl methyl sites for hydroxylation is 1. The lowest BCUT2D eigenvalue weighted by Crippen LogP contribution is -2.42. The number of rotatable bonds is 3. The smallest absolute Gasteiger partial charge is 0.127 e. The molecular weight excluding hydrogens is 252 g/mol. The van der Waals surface area contributed by atoms with Crippen molar-refractivity contribution in [2.24, 2.45) is 0 Å². The summed E-state index contributed by atoms with van der Waals surface area (Å²) in [5, 5.41) is 6.86. The zero-order valence-electron chi connectivity index (χ0n) is 11.1. The summed E-state index contributed by atoms with van der Waals surface area (Å²) in [6, 6.07) is 4.34. The Bertz CT molecular complexity index is 368. The molecule has 0 spiro atoms. The lowest BCUT2D eigenvalue weighted by molar-refractivity contribution is 0.354. The quantitative estimate of drug-likeness (QED) is 0.878. The van der Waals surface area contributed by atoms with Gasteiger partial charge in [-0.2, -0.15) is 0 Å². The molecule has 2 rings (SSSR count). The Morgan fingerprint density at radius 2 is 1.72 bits per heavy atom. The first-order chi connectivity index (χ1) is 8.26. The molecule has 0 saturated carbocycles. The summed E-state index contributed by atoms with van der Waals surface area (Å²) in [6.07, 6.45) is 0. The van der Waals surface area contributed by atoms with Crippen LogP contribution in [-0.4, -0.2) is 33.9 Å². The largest absolute Gasteiger partial charge is 0.496 e. The van der Waals surface area contributed by atoms with E-state index in [2.05, 4.69) is 10.6 Å². The predicted molar refractivity (Wildman–Crippen MR) is 75.1 cm³/mol. The van der Waals surface area contributed by atoms with Crippen LogP contribution < -0.4 is 20.1 Å². The maximum atomic E-state index is 5.47. The first kappa shape index (κ1) is 15.1. The Hall–Kier alpha value is -0.970. The summed E-state index contributed by atoms with van der Waals surface area (Å²) in [5.74, 6) is 1.78. The van der Waals surface area contributed by atoms with Gasteiger partial charge >= 0.3 is 0 Å². The van der Waals surface area contributed by atoms with E-state index in [9.17, 15) is 0 Å². The Morgan fingerprint density at radius 1 is 1.11 bits per heavy atom. The highest BCUT2D eigenvalue weighted by Crippen LogP contribution is 2.35. The van der Waals surface area contributed by atoms with E-state index in [-0.39, 0.29) is 18.4 Å². The third-order valence-electron chi connectivity index (χ3n) is 3.08. The van der Waals surface area contributed by atoms with Gasteiger partial charge in [0.25, 0.3) is 0 Å². The van der Waals surface area contributed by atoms with E-state index in [1.165, 1.54) is 0 Å². The SMILES string of the molecule is COc1cc(C)cc(OC)c1[C@H]1CNCCN1.Cl. The molecule has 2 N–H and O–H groups in total. The van der Waals surface area contributed by atoms with Crippen molar-refractivity contribution in [1.82, 2.24) is 10.6 Å². The van der Waals surface area contributed by atoms with E-state index in [1.807, 2.05) is 19.1 Å². The normalized spacial score (nSPS) is 18.9. The van der Waals surface area contributed by atoms with Crippen LogP contribution in [0.15, 0.2) is 12.1 Å². The van der Waals surface area contributed by atoms with Crippen molar-refractivity contribution in [3.05, 3.63) is 23.3 Å². The average molecular weight is 273 g/mol. The maximum absolute atomic E-state index is 5.47. The molecule has 5 heteroatoms. The summed E-state index contributed by atoms with van der Waals surface area (Å²) in [7, 11) is 3.40. The van der Waals surface area contributed by atoms with Crippen LogP contribution in [-0.2, 0) is 0 Å². The minimum absolute atomic E-state index is 0. The number of benzene rings is 1. The van der Waals surface area contributed by atoms with E-state index < -0.39 is 0 Å². The highest BCUT2D eigenvalue weighted by atomic mass is 35.5. The Labute approximate surface area is 114 Å². The molecule has 102 valence electrons. The number of methoxy groups -OCH3 is 2. The van der Waals surface area contributed by atoms with E-state index in [4.69, 9.17) is 9.47 Å². The molecular formula is C13H21ClN2O2. The predicted octanol–water partition coefficient (Wildman–Crippen LogP) is 1.67. The van der Waals surface area contributed by atoms with Crippen LogP contribution in [0.5, 0.6) is 11.5 Å². The zero-order chi connectivity index (χ0) is 12.3. The topological polar surface area (TPSA) is 42.5 Å². The van der Waals surface area contributed by atoms with Crippen LogP contribution in [0.2, 0.25) is 0 Å².